The number of likely N-dealkylation sites (tertiary alicyclic amines) is 1. The molecule has 7 nitrogen and oxygen atoms in total. The molecule has 0 spiro atoms. The molecule has 3 aromatic carbocycles. The molecule has 2 aliphatic rings. The number of carbonyl (C=O) groups excluding carboxylic acids is 2. The van der Waals surface area contributed by atoms with Crippen LogP contribution < -0.4 is 14.2 Å². The van der Waals surface area contributed by atoms with Crippen molar-refractivity contribution in [2.75, 3.05) is 26.9 Å². The number of rotatable bonds is 7. The fourth-order valence-corrected chi connectivity index (χ4v) is 4.90. The van der Waals surface area contributed by atoms with E-state index in [0.717, 1.165) is 5.56 Å². The maximum absolute atomic E-state index is 13.4. The minimum atomic E-state index is -0.212. The van der Waals surface area contributed by atoms with Gasteiger partial charge in [0.1, 0.15) is 11.9 Å². The molecule has 0 saturated carbocycles. The zero-order valence-corrected chi connectivity index (χ0v) is 21.4. The van der Waals surface area contributed by atoms with Gasteiger partial charge in [0.2, 0.25) is 12.7 Å². The Kier molecular flexibility index (Phi) is 7.51. The average molecular weight is 521 g/mol. The van der Waals surface area contributed by atoms with Crippen molar-refractivity contribution in [3.63, 3.8) is 0 Å². The molecule has 0 radical (unpaired) electrons. The van der Waals surface area contributed by atoms with Gasteiger partial charge in [0.25, 0.3) is 5.91 Å². The Labute approximate surface area is 221 Å². The number of hydrogen-bond acceptors (Lipinski definition) is 5. The molecule has 0 unspecified atom stereocenters. The molecular formula is C29H29ClN2O5. The number of halogens is 1. The Morgan fingerprint density at radius 2 is 1.78 bits per heavy atom. The van der Waals surface area contributed by atoms with Gasteiger partial charge in [-0.25, -0.2) is 0 Å². The topological polar surface area (TPSA) is 68.3 Å². The third-order valence-electron chi connectivity index (χ3n) is 6.80. The van der Waals surface area contributed by atoms with E-state index in [4.69, 9.17) is 25.8 Å². The maximum atomic E-state index is 13.4. The predicted molar refractivity (Wildman–Crippen MR) is 140 cm³/mol. The molecule has 2 aliphatic heterocycles. The van der Waals surface area contributed by atoms with Crippen LogP contribution >= 0.6 is 11.6 Å². The number of carbonyl (C=O) groups is 2. The highest BCUT2D eigenvalue weighted by Gasteiger charge is 2.35. The largest absolute Gasteiger partial charge is 0.490 e. The Hall–Kier alpha value is -3.71. The zero-order valence-electron chi connectivity index (χ0n) is 20.6. The van der Waals surface area contributed by atoms with Crippen molar-refractivity contribution >= 4 is 23.4 Å². The van der Waals surface area contributed by atoms with Crippen molar-refractivity contribution in [3.05, 3.63) is 88.9 Å². The second kappa shape index (κ2) is 11.1. The molecule has 2 amide bonds. The van der Waals surface area contributed by atoms with Crippen molar-refractivity contribution in [2.24, 2.45) is 5.92 Å². The summed E-state index contributed by atoms with van der Waals surface area (Å²) in [5, 5.41) is 0.630. The molecule has 2 atom stereocenters. The van der Waals surface area contributed by atoms with Crippen LogP contribution in [0.15, 0.2) is 72.8 Å². The van der Waals surface area contributed by atoms with E-state index < -0.39 is 0 Å². The molecule has 1 saturated heterocycles. The molecule has 8 heteroatoms. The van der Waals surface area contributed by atoms with Gasteiger partial charge in [-0.3, -0.25) is 9.59 Å². The molecule has 3 aromatic rings. The van der Waals surface area contributed by atoms with Gasteiger partial charge >= 0.3 is 0 Å². The quantitative estimate of drug-likeness (QED) is 0.437. The standard InChI is InChI=1S/C29H29ClN2O5/c1-31(17-20-5-3-2-4-6-20)28(33)16-22-18-32(14-13-25(22)37-24-10-8-23(30)9-11-24)29(34)21-7-12-26-27(15-21)36-19-35-26/h2-12,15,22,25H,13-14,16-19H2,1H3/t22-,25-/m0/s1. The first-order chi connectivity index (χ1) is 18.0. The van der Waals surface area contributed by atoms with E-state index >= 15 is 0 Å². The first kappa shape index (κ1) is 25.0. The summed E-state index contributed by atoms with van der Waals surface area (Å²) in [5.74, 6) is 1.64. The summed E-state index contributed by atoms with van der Waals surface area (Å²) < 4.78 is 17.1. The van der Waals surface area contributed by atoms with E-state index in [2.05, 4.69) is 0 Å². The van der Waals surface area contributed by atoms with Gasteiger partial charge in [-0.1, -0.05) is 41.9 Å². The maximum Gasteiger partial charge on any atom is 0.254 e. The monoisotopic (exact) mass is 520 g/mol. The molecular weight excluding hydrogens is 492 g/mol. The summed E-state index contributed by atoms with van der Waals surface area (Å²) in [6.45, 7) is 1.61. The highest BCUT2D eigenvalue weighted by molar-refractivity contribution is 6.30. The van der Waals surface area contributed by atoms with Crippen LogP contribution in [0.1, 0.15) is 28.8 Å². The van der Waals surface area contributed by atoms with Gasteiger partial charge < -0.3 is 24.0 Å². The van der Waals surface area contributed by atoms with Crippen molar-refractivity contribution in [1.29, 1.82) is 0 Å². The summed E-state index contributed by atoms with van der Waals surface area (Å²) >= 11 is 6.03. The van der Waals surface area contributed by atoms with Gasteiger partial charge in [-0.15, -0.1) is 0 Å². The van der Waals surface area contributed by atoms with Gasteiger partial charge in [-0.05, 0) is 48.0 Å². The number of piperidine rings is 1. The second-order valence-corrected chi connectivity index (χ2v) is 9.85. The Balaban J connectivity index is 1.31. The van der Waals surface area contributed by atoms with E-state index in [-0.39, 0.29) is 37.0 Å². The SMILES string of the molecule is CN(Cc1ccccc1)C(=O)C[C@H]1CN(C(=O)c2ccc3c(c2)OCO3)CC[C@@H]1Oc1ccc(Cl)cc1. The Morgan fingerprint density at radius 1 is 1.03 bits per heavy atom. The molecule has 0 N–H and O–H groups in total. The summed E-state index contributed by atoms with van der Waals surface area (Å²) in [7, 11) is 1.81. The van der Waals surface area contributed by atoms with Crippen LogP contribution in [0.4, 0.5) is 0 Å². The molecule has 0 aliphatic carbocycles. The highest BCUT2D eigenvalue weighted by Crippen LogP contribution is 2.34. The third kappa shape index (κ3) is 6.00. The lowest BCUT2D eigenvalue weighted by molar-refractivity contribution is -0.132. The molecule has 1 fully saturated rings. The van der Waals surface area contributed by atoms with Gasteiger partial charge in [-0.2, -0.15) is 0 Å². The number of fused-ring (bicyclic) bond motifs is 1. The van der Waals surface area contributed by atoms with Crippen LogP contribution in [-0.4, -0.2) is 54.6 Å². The third-order valence-corrected chi connectivity index (χ3v) is 7.05. The van der Waals surface area contributed by atoms with E-state index in [0.29, 0.717) is 53.9 Å². The smallest absolute Gasteiger partial charge is 0.254 e. The lowest BCUT2D eigenvalue weighted by Gasteiger charge is -2.39. The minimum absolute atomic E-state index is 0.0101. The van der Waals surface area contributed by atoms with Crippen LogP contribution in [0.5, 0.6) is 17.2 Å². The summed E-state index contributed by atoms with van der Waals surface area (Å²) in [6, 6.07) is 22.3. The molecule has 0 aromatic heterocycles. The van der Waals surface area contributed by atoms with Crippen molar-refractivity contribution < 1.29 is 23.8 Å². The fourth-order valence-electron chi connectivity index (χ4n) is 4.77. The van der Waals surface area contributed by atoms with Crippen molar-refractivity contribution in [1.82, 2.24) is 9.80 Å². The molecule has 0 bridgehead atoms. The van der Waals surface area contributed by atoms with Crippen LogP contribution in [-0.2, 0) is 11.3 Å². The number of ether oxygens (including phenoxy) is 3. The van der Waals surface area contributed by atoms with E-state index in [1.165, 1.54) is 0 Å². The van der Waals surface area contributed by atoms with Crippen LogP contribution in [0.25, 0.3) is 0 Å². The Bertz CT molecular complexity index is 1250. The van der Waals surface area contributed by atoms with Gasteiger partial charge in [0, 0.05) is 56.0 Å². The normalized spacial score (nSPS) is 18.4. The number of hydrogen-bond donors (Lipinski definition) is 0. The highest BCUT2D eigenvalue weighted by atomic mass is 35.5. The predicted octanol–water partition coefficient (Wildman–Crippen LogP) is 5.03. The molecule has 2 heterocycles. The fraction of sp³-hybridized carbons (Fsp3) is 0.310. The first-order valence-corrected chi connectivity index (χ1v) is 12.7. The van der Waals surface area contributed by atoms with Gasteiger partial charge in [0.05, 0.1) is 0 Å². The number of amides is 2. The molecule has 37 heavy (non-hydrogen) atoms. The van der Waals surface area contributed by atoms with E-state index in [9.17, 15) is 9.59 Å². The lowest BCUT2D eigenvalue weighted by Crippen LogP contribution is -2.49. The summed E-state index contributed by atoms with van der Waals surface area (Å²) in [4.78, 5) is 30.2. The van der Waals surface area contributed by atoms with Crippen LogP contribution in [0, 0.1) is 5.92 Å². The first-order valence-electron chi connectivity index (χ1n) is 12.4. The number of benzene rings is 3. The van der Waals surface area contributed by atoms with Crippen LogP contribution in [0.2, 0.25) is 5.02 Å². The van der Waals surface area contributed by atoms with Crippen molar-refractivity contribution in [3.8, 4) is 17.2 Å². The second-order valence-electron chi connectivity index (χ2n) is 9.42. The molecule has 192 valence electrons. The lowest BCUT2D eigenvalue weighted by atomic mass is 9.90. The zero-order chi connectivity index (χ0) is 25.8. The van der Waals surface area contributed by atoms with Crippen LogP contribution in [0.3, 0.4) is 0 Å². The van der Waals surface area contributed by atoms with E-state index in [1.54, 1.807) is 40.1 Å². The minimum Gasteiger partial charge on any atom is -0.490 e. The Morgan fingerprint density at radius 3 is 2.57 bits per heavy atom. The summed E-state index contributed by atoms with van der Waals surface area (Å²) in [5.41, 5.74) is 1.60. The summed E-state index contributed by atoms with van der Waals surface area (Å²) in [6.07, 6.45) is 0.669. The number of nitrogens with zero attached hydrogens (tertiary/aromatic N) is 2. The molecule has 5 rings (SSSR count). The average Bonchev–Trinajstić information content (AvgIpc) is 3.39. The van der Waals surface area contributed by atoms with Crippen molar-refractivity contribution in [2.45, 2.75) is 25.5 Å². The van der Waals surface area contributed by atoms with E-state index in [1.807, 2.05) is 49.5 Å². The van der Waals surface area contributed by atoms with Gasteiger partial charge in [0.15, 0.2) is 11.5 Å².